The Bertz CT molecular complexity index is 262. The summed E-state index contributed by atoms with van der Waals surface area (Å²) in [6, 6.07) is -1.06. The minimum atomic E-state index is -0.668. The Morgan fingerprint density at radius 3 is 2.69 bits per heavy atom. The lowest BCUT2D eigenvalue weighted by molar-refractivity contribution is -0.135. The van der Waals surface area contributed by atoms with Gasteiger partial charge in [0.15, 0.2) is 0 Å². The average molecular weight is 251 g/mol. The quantitative estimate of drug-likeness (QED) is 0.605. The van der Waals surface area contributed by atoms with Gasteiger partial charge < -0.3 is 21.3 Å². The summed E-state index contributed by atoms with van der Waals surface area (Å²) in [5.74, 6) is -0.0807. The molecule has 16 heavy (non-hydrogen) atoms. The molecule has 0 aliphatic carbocycles. The van der Waals surface area contributed by atoms with Crippen molar-refractivity contribution in [3.63, 3.8) is 0 Å². The van der Waals surface area contributed by atoms with Crippen LogP contribution in [-0.2, 0) is 4.79 Å². The van der Waals surface area contributed by atoms with E-state index in [1.165, 1.54) is 0 Å². The van der Waals surface area contributed by atoms with Crippen molar-refractivity contribution >= 4 is 24.3 Å². The first-order chi connectivity index (χ1) is 7.02. The van der Waals surface area contributed by atoms with Crippen LogP contribution in [0.4, 0.5) is 4.79 Å². The van der Waals surface area contributed by atoms with E-state index in [0.717, 1.165) is 13.1 Å². The number of urea groups is 1. The monoisotopic (exact) mass is 250 g/mol. The number of nitrogens with one attached hydrogen (secondary N) is 2. The molecule has 0 aromatic carbocycles. The van der Waals surface area contributed by atoms with Crippen molar-refractivity contribution in [2.24, 2.45) is 5.73 Å². The first kappa shape index (κ1) is 15.0. The maximum atomic E-state index is 11.9. The zero-order valence-electron chi connectivity index (χ0n) is 9.53. The molecule has 1 aliphatic heterocycles. The summed E-state index contributed by atoms with van der Waals surface area (Å²) in [5.41, 5.74) is 4.96. The van der Waals surface area contributed by atoms with E-state index in [4.69, 9.17) is 5.73 Å². The number of hydrogen-bond donors (Lipinski definition) is 3. The van der Waals surface area contributed by atoms with Gasteiger partial charge >= 0.3 is 6.03 Å². The second kappa shape index (κ2) is 6.55. The molecule has 4 N–H and O–H groups in total. The predicted octanol–water partition coefficient (Wildman–Crippen LogP) is -0.715. The van der Waals surface area contributed by atoms with Crippen molar-refractivity contribution in [2.75, 3.05) is 19.6 Å². The number of primary amides is 1. The minimum absolute atomic E-state index is 0. The van der Waals surface area contributed by atoms with Crippen molar-refractivity contribution in [1.29, 1.82) is 0 Å². The molecule has 7 heteroatoms. The summed E-state index contributed by atoms with van der Waals surface area (Å²) in [5, 5.41) is 5.58. The van der Waals surface area contributed by atoms with Crippen molar-refractivity contribution < 1.29 is 9.59 Å². The van der Waals surface area contributed by atoms with Gasteiger partial charge in [-0.15, -0.1) is 12.4 Å². The van der Waals surface area contributed by atoms with Crippen molar-refractivity contribution in [3.05, 3.63) is 0 Å². The van der Waals surface area contributed by atoms with Crippen LogP contribution in [0.3, 0.4) is 0 Å². The molecule has 0 saturated carbocycles. The molecule has 6 nitrogen and oxygen atoms in total. The third kappa shape index (κ3) is 3.86. The molecule has 2 atom stereocenters. The van der Waals surface area contributed by atoms with Crippen LogP contribution in [-0.4, -0.2) is 48.6 Å². The van der Waals surface area contributed by atoms with Crippen molar-refractivity contribution in [1.82, 2.24) is 15.5 Å². The Labute approximate surface area is 101 Å². The van der Waals surface area contributed by atoms with Crippen LogP contribution in [0.25, 0.3) is 0 Å². The molecule has 0 radical (unpaired) electrons. The van der Waals surface area contributed by atoms with E-state index in [2.05, 4.69) is 10.6 Å². The lowest BCUT2D eigenvalue weighted by atomic mass is 10.2. The van der Waals surface area contributed by atoms with Gasteiger partial charge in [-0.3, -0.25) is 4.79 Å². The number of nitrogens with two attached hydrogens (primary N) is 1. The third-order valence-electron chi connectivity index (χ3n) is 2.51. The molecule has 3 amide bonds. The van der Waals surface area contributed by atoms with Crippen molar-refractivity contribution in [2.45, 2.75) is 25.9 Å². The normalized spacial score (nSPS) is 21.9. The van der Waals surface area contributed by atoms with Gasteiger partial charge in [-0.1, -0.05) is 0 Å². The fraction of sp³-hybridized carbons (Fsp3) is 0.778. The molecule has 1 rings (SSSR count). The molecule has 94 valence electrons. The van der Waals surface area contributed by atoms with E-state index in [1.54, 1.807) is 11.8 Å². The Kier molecular flexibility index (Phi) is 6.13. The Hall–Kier alpha value is -1.01. The largest absolute Gasteiger partial charge is 0.352 e. The summed E-state index contributed by atoms with van der Waals surface area (Å²) in [7, 11) is 0. The van der Waals surface area contributed by atoms with E-state index < -0.39 is 12.1 Å². The summed E-state index contributed by atoms with van der Waals surface area (Å²) >= 11 is 0. The Morgan fingerprint density at radius 2 is 2.19 bits per heavy atom. The number of rotatable bonds is 2. The first-order valence-corrected chi connectivity index (χ1v) is 5.09. The number of carbonyl (C=O) groups is 2. The third-order valence-corrected chi connectivity index (χ3v) is 2.51. The molecule has 1 unspecified atom stereocenters. The number of amides is 3. The lowest BCUT2D eigenvalue weighted by Crippen LogP contribution is -2.57. The van der Waals surface area contributed by atoms with Gasteiger partial charge in [0.25, 0.3) is 0 Å². The number of carbonyl (C=O) groups excluding carboxylic acids is 2. The highest BCUT2D eigenvalue weighted by Gasteiger charge is 2.27. The lowest BCUT2D eigenvalue weighted by Gasteiger charge is -2.35. The maximum Gasteiger partial charge on any atom is 0.312 e. The van der Waals surface area contributed by atoms with Crippen LogP contribution in [0.2, 0.25) is 0 Å². The Morgan fingerprint density at radius 1 is 1.56 bits per heavy atom. The molecule has 0 bridgehead atoms. The molecule has 0 aromatic heterocycles. The summed E-state index contributed by atoms with van der Waals surface area (Å²) in [6.07, 6.45) is 0. The molecule has 1 saturated heterocycles. The summed E-state index contributed by atoms with van der Waals surface area (Å²) in [4.78, 5) is 24.2. The van der Waals surface area contributed by atoms with Crippen LogP contribution in [0, 0.1) is 0 Å². The number of hydrogen-bond acceptors (Lipinski definition) is 3. The first-order valence-electron chi connectivity index (χ1n) is 5.09. The van der Waals surface area contributed by atoms with Crippen LogP contribution in [0.15, 0.2) is 0 Å². The molecular weight excluding hydrogens is 232 g/mol. The van der Waals surface area contributed by atoms with Gasteiger partial charge in [-0.05, 0) is 13.8 Å². The smallest absolute Gasteiger partial charge is 0.312 e. The van der Waals surface area contributed by atoms with Gasteiger partial charge in [-0.2, -0.15) is 0 Å². The zero-order chi connectivity index (χ0) is 11.4. The second-order valence-corrected chi connectivity index (χ2v) is 3.82. The highest BCUT2D eigenvalue weighted by Crippen LogP contribution is 2.04. The molecule has 0 aromatic rings. The van der Waals surface area contributed by atoms with E-state index >= 15 is 0 Å². The number of halogens is 1. The standard InChI is InChI=1S/C9H18N4O2.ClH/c1-6-5-11-3-4-13(6)8(14)7(2)12-9(10)15;/h6-7,11H,3-5H2,1-2H3,(H3,10,12,15);1H/t6-,7?;/m1./s1. The van der Waals surface area contributed by atoms with E-state index in [-0.39, 0.29) is 24.4 Å². The van der Waals surface area contributed by atoms with Crippen LogP contribution in [0.1, 0.15) is 13.8 Å². The highest BCUT2D eigenvalue weighted by atomic mass is 35.5. The number of nitrogens with zero attached hydrogens (tertiary/aromatic N) is 1. The molecule has 1 fully saturated rings. The summed E-state index contributed by atoms with van der Waals surface area (Å²) in [6.45, 7) is 5.86. The number of piperazine rings is 1. The van der Waals surface area contributed by atoms with Crippen LogP contribution >= 0.6 is 12.4 Å². The van der Waals surface area contributed by atoms with E-state index in [0.29, 0.717) is 6.54 Å². The van der Waals surface area contributed by atoms with Gasteiger partial charge in [0.05, 0.1) is 0 Å². The van der Waals surface area contributed by atoms with E-state index in [9.17, 15) is 9.59 Å². The zero-order valence-corrected chi connectivity index (χ0v) is 10.3. The summed E-state index contributed by atoms with van der Waals surface area (Å²) < 4.78 is 0. The second-order valence-electron chi connectivity index (χ2n) is 3.82. The highest BCUT2D eigenvalue weighted by molar-refractivity contribution is 5.86. The topological polar surface area (TPSA) is 87.5 Å². The molecular formula is C9H19ClN4O2. The fourth-order valence-electron chi connectivity index (χ4n) is 1.69. The van der Waals surface area contributed by atoms with Gasteiger partial charge in [0, 0.05) is 25.7 Å². The molecule has 1 aliphatic rings. The van der Waals surface area contributed by atoms with Crippen LogP contribution < -0.4 is 16.4 Å². The predicted molar refractivity (Wildman–Crippen MR) is 63.5 cm³/mol. The Balaban J connectivity index is 0.00000225. The molecule has 1 heterocycles. The van der Waals surface area contributed by atoms with E-state index in [1.807, 2.05) is 6.92 Å². The van der Waals surface area contributed by atoms with Crippen LogP contribution in [0.5, 0.6) is 0 Å². The maximum absolute atomic E-state index is 11.9. The SMILES string of the molecule is CC(NC(N)=O)C(=O)N1CCNC[C@H]1C.Cl. The van der Waals surface area contributed by atoms with Gasteiger partial charge in [0.1, 0.15) is 6.04 Å². The minimum Gasteiger partial charge on any atom is -0.352 e. The van der Waals surface area contributed by atoms with Gasteiger partial charge in [0.2, 0.25) is 5.91 Å². The van der Waals surface area contributed by atoms with Crippen molar-refractivity contribution in [3.8, 4) is 0 Å². The fourth-order valence-corrected chi connectivity index (χ4v) is 1.69. The molecule has 0 spiro atoms. The average Bonchev–Trinajstić information content (AvgIpc) is 2.16. The van der Waals surface area contributed by atoms with Gasteiger partial charge in [-0.25, -0.2) is 4.79 Å².